The van der Waals surface area contributed by atoms with E-state index in [1.165, 1.54) is 16.7 Å². The van der Waals surface area contributed by atoms with E-state index < -0.39 is 0 Å². The number of benzene rings is 3. The monoisotopic (exact) mass is 423 g/mol. The van der Waals surface area contributed by atoms with E-state index in [4.69, 9.17) is 4.74 Å². The molecule has 1 unspecified atom stereocenters. The Morgan fingerprint density at radius 3 is 2.03 bits per heavy atom. The maximum atomic E-state index is 13.4. The molecule has 32 heavy (non-hydrogen) atoms. The van der Waals surface area contributed by atoms with E-state index in [9.17, 15) is 4.79 Å². The fourth-order valence-corrected chi connectivity index (χ4v) is 5.52. The smallest absolute Gasteiger partial charge is 0.189 e. The van der Waals surface area contributed by atoms with Crippen molar-refractivity contribution < 1.29 is 9.53 Å². The first-order valence-corrected chi connectivity index (χ1v) is 11.5. The van der Waals surface area contributed by atoms with Gasteiger partial charge in [-0.1, -0.05) is 72.8 Å². The molecule has 6 rings (SSSR count). The van der Waals surface area contributed by atoms with Crippen LogP contribution in [0.25, 0.3) is 0 Å². The molecule has 3 aromatic rings. The second kappa shape index (κ2) is 9.13. The maximum absolute atomic E-state index is 13.4. The summed E-state index contributed by atoms with van der Waals surface area (Å²) in [6.07, 6.45) is 4.17. The largest absolute Gasteiger partial charge is 0.496 e. The van der Waals surface area contributed by atoms with E-state index in [1.54, 1.807) is 7.11 Å². The van der Waals surface area contributed by atoms with Gasteiger partial charge in [-0.15, -0.1) is 0 Å². The summed E-state index contributed by atoms with van der Waals surface area (Å²) in [7, 11) is 1.62. The molecule has 3 aliphatic rings. The van der Waals surface area contributed by atoms with E-state index in [0.717, 1.165) is 25.9 Å². The molecule has 0 aromatic heterocycles. The highest BCUT2D eigenvalue weighted by Crippen LogP contribution is 2.45. The van der Waals surface area contributed by atoms with Crippen molar-refractivity contribution in [1.29, 1.82) is 0 Å². The Labute approximate surface area is 190 Å². The minimum Gasteiger partial charge on any atom is -0.496 e. The Hall–Kier alpha value is -3.17. The first-order chi connectivity index (χ1) is 15.8. The van der Waals surface area contributed by atoms with Crippen LogP contribution in [0.5, 0.6) is 5.75 Å². The summed E-state index contributed by atoms with van der Waals surface area (Å²) >= 11 is 0. The van der Waals surface area contributed by atoms with Crippen LogP contribution in [-0.4, -0.2) is 36.9 Å². The van der Waals surface area contributed by atoms with Crippen LogP contribution in [0.2, 0.25) is 0 Å². The van der Waals surface area contributed by atoms with Gasteiger partial charge in [-0.05, 0) is 66.8 Å². The molecule has 0 amide bonds. The van der Waals surface area contributed by atoms with Crippen LogP contribution >= 0.6 is 0 Å². The first kappa shape index (κ1) is 20.7. The molecule has 0 radical (unpaired) electrons. The number of hydrogen-bond donors (Lipinski definition) is 0. The van der Waals surface area contributed by atoms with Crippen LogP contribution in [0.1, 0.15) is 40.2 Å². The molecule has 3 saturated heterocycles. The van der Waals surface area contributed by atoms with Crippen molar-refractivity contribution in [3.05, 3.63) is 113 Å². The SMILES string of the molecule is COc1ccccc1C(=O)/C=C1\C2CCN(CC2)C1C(c1ccccc1)c1ccccc1. The molecule has 0 aliphatic carbocycles. The highest BCUT2D eigenvalue weighted by molar-refractivity contribution is 6.07. The molecular weight excluding hydrogens is 394 g/mol. The van der Waals surface area contributed by atoms with Gasteiger partial charge in [0.2, 0.25) is 0 Å². The number of hydrogen-bond acceptors (Lipinski definition) is 3. The molecule has 0 saturated carbocycles. The number of ketones is 1. The fourth-order valence-electron chi connectivity index (χ4n) is 5.52. The Morgan fingerprint density at radius 1 is 0.875 bits per heavy atom. The van der Waals surface area contributed by atoms with Crippen molar-refractivity contribution in [2.24, 2.45) is 5.92 Å². The summed E-state index contributed by atoms with van der Waals surface area (Å²) in [6.45, 7) is 2.18. The number of ether oxygens (including phenoxy) is 1. The quantitative estimate of drug-likeness (QED) is 0.375. The molecule has 1 atom stereocenters. The van der Waals surface area contributed by atoms with E-state index in [2.05, 4.69) is 65.6 Å². The number of nitrogens with zero attached hydrogens (tertiary/aromatic N) is 1. The Kier molecular flexibility index (Phi) is 5.91. The third kappa shape index (κ3) is 3.89. The van der Waals surface area contributed by atoms with Gasteiger partial charge in [0.1, 0.15) is 5.75 Å². The summed E-state index contributed by atoms with van der Waals surface area (Å²) in [5, 5.41) is 0. The summed E-state index contributed by atoms with van der Waals surface area (Å²) in [5.41, 5.74) is 4.50. The van der Waals surface area contributed by atoms with Crippen LogP contribution in [0.4, 0.5) is 0 Å². The number of allylic oxidation sites excluding steroid dienone is 1. The number of piperidine rings is 3. The molecular formula is C29H29NO2. The average Bonchev–Trinajstić information content (AvgIpc) is 2.87. The highest BCUT2D eigenvalue weighted by Gasteiger charge is 2.43. The van der Waals surface area contributed by atoms with Gasteiger partial charge in [-0.2, -0.15) is 0 Å². The summed E-state index contributed by atoms with van der Waals surface area (Å²) in [6, 6.07) is 29.2. The summed E-state index contributed by atoms with van der Waals surface area (Å²) in [5.74, 6) is 1.32. The molecule has 162 valence electrons. The number of para-hydroxylation sites is 1. The molecule has 3 aromatic carbocycles. The van der Waals surface area contributed by atoms with Crippen LogP contribution in [-0.2, 0) is 0 Å². The number of methoxy groups -OCH3 is 1. The zero-order valence-corrected chi connectivity index (χ0v) is 18.5. The lowest BCUT2D eigenvalue weighted by molar-refractivity contribution is 0.0905. The number of carbonyl (C=O) groups excluding carboxylic acids is 1. The third-order valence-electron chi connectivity index (χ3n) is 7.04. The predicted octanol–water partition coefficient (Wildman–Crippen LogP) is 5.73. The van der Waals surface area contributed by atoms with Gasteiger partial charge < -0.3 is 4.74 Å². The van der Waals surface area contributed by atoms with Gasteiger partial charge in [0.05, 0.1) is 12.7 Å². The lowest BCUT2D eigenvalue weighted by Gasteiger charge is -2.50. The lowest BCUT2D eigenvalue weighted by atomic mass is 9.70. The third-order valence-corrected chi connectivity index (χ3v) is 7.04. The van der Waals surface area contributed by atoms with E-state index in [-0.39, 0.29) is 17.7 Å². The van der Waals surface area contributed by atoms with Crippen molar-refractivity contribution in [3.63, 3.8) is 0 Å². The van der Waals surface area contributed by atoms with E-state index in [1.807, 2.05) is 30.3 Å². The van der Waals surface area contributed by atoms with E-state index in [0.29, 0.717) is 17.2 Å². The van der Waals surface area contributed by atoms with Gasteiger partial charge in [-0.3, -0.25) is 9.69 Å². The molecule has 3 heterocycles. The Balaban J connectivity index is 1.61. The van der Waals surface area contributed by atoms with Crippen LogP contribution < -0.4 is 4.74 Å². The highest BCUT2D eigenvalue weighted by atomic mass is 16.5. The maximum Gasteiger partial charge on any atom is 0.189 e. The molecule has 3 fully saturated rings. The predicted molar refractivity (Wildman–Crippen MR) is 128 cm³/mol. The van der Waals surface area contributed by atoms with E-state index >= 15 is 0 Å². The lowest BCUT2D eigenvalue weighted by Crippen LogP contribution is -2.53. The zero-order valence-electron chi connectivity index (χ0n) is 18.5. The molecule has 3 aliphatic heterocycles. The average molecular weight is 424 g/mol. The van der Waals surface area contributed by atoms with Gasteiger partial charge in [0.15, 0.2) is 5.78 Å². The first-order valence-electron chi connectivity index (χ1n) is 11.5. The van der Waals surface area contributed by atoms with Crippen molar-refractivity contribution in [2.45, 2.75) is 24.8 Å². The normalized spacial score (nSPS) is 23.4. The van der Waals surface area contributed by atoms with Gasteiger partial charge in [-0.25, -0.2) is 0 Å². The van der Waals surface area contributed by atoms with Crippen LogP contribution in [0.15, 0.2) is 96.6 Å². The minimum absolute atomic E-state index is 0.0380. The summed E-state index contributed by atoms with van der Waals surface area (Å²) in [4.78, 5) is 16.0. The number of rotatable bonds is 6. The molecule has 3 nitrogen and oxygen atoms in total. The van der Waals surface area contributed by atoms with Crippen molar-refractivity contribution in [1.82, 2.24) is 4.90 Å². The minimum atomic E-state index is 0.0380. The molecule has 0 spiro atoms. The second-order valence-electron chi connectivity index (χ2n) is 8.76. The van der Waals surface area contributed by atoms with Crippen LogP contribution in [0.3, 0.4) is 0 Å². The Morgan fingerprint density at radius 2 is 1.44 bits per heavy atom. The topological polar surface area (TPSA) is 29.5 Å². The molecule has 3 heteroatoms. The van der Waals surface area contributed by atoms with Gasteiger partial charge >= 0.3 is 0 Å². The van der Waals surface area contributed by atoms with Crippen molar-refractivity contribution in [3.8, 4) is 5.75 Å². The fraction of sp³-hybridized carbons (Fsp3) is 0.276. The number of carbonyl (C=O) groups is 1. The summed E-state index contributed by atoms with van der Waals surface area (Å²) < 4.78 is 5.47. The van der Waals surface area contributed by atoms with Crippen LogP contribution in [0, 0.1) is 5.92 Å². The number of fused-ring (bicyclic) bond motifs is 3. The molecule has 2 bridgehead atoms. The second-order valence-corrected chi connectivity index (χ2v) is 8.76. The van der Waals surface area contributed by atoms with Crippen molar-refractivity contribution in [2.75, 3.05) is 20.2 Å². The Bertz CT molecular complexity index is 1060. The van der Waals surface area contributed by atoms with Crippen molar-refractivity contribution >= 4 is 5.78 Å². The zero-order chi connectivity index (χ0) is 21.9. The van der Waals surface area contributed by atoms with Gasteiger partial charge in [0.25, 0.3) is 0 Å². The van der Waals surface area contributed by atoms with Gasteiger partial charge in [0, 0.05) is 12.0 Å². The molecule has 0 N–H and O–H groups in total. The standard InChI is InChI=1S/C29H29NO2/c1-32-27-15-9-8-14-24(27)26(31)20-25-21-16-18-30(19-17-21)29(25)28(22-10-4-2-5-11-22)23-12-6-3-7-13-23/h2-15,20-21,28-29H,16-19H2,1H3/b25-20+.